The monoisotopic (exact) mass is 558 g/mol. The summed E-state index contributed by atoms with van der Waals surface area (Å²) in [5.74, 6) is 0. The summed E-state index contributed by atoms with van der Waals surface area (Å²) in [6.45, 7) is 0. The molecule has 0 saturated carbocycles. The van der Waals surface area contributed by atoms with Gasteiger partial charge in [-0.15, -0.1) is 0 Å². The van der Waals surface area contributed by atoms with Gasteiger partial charge in [0.05, 0.1) is 0 Å². The van der Waals surface area contributed by atoms with Gasteiger partial charge in [0.2, 0.25) is 0 Å². The van der Waals surface area contributed by atoms with Crippen molar-refractivity contribution in [2.45, 2.75) is 12.8 Å². The molecule has 0 nitrogen and oxygen atoms in total. The summed E-state index contributed by atoms with van der Waals surface area (Å²) in [4.78, 5) is 0. The molecule has 44 heavy (non-hydrogen) atoms. The van der Waals surface area contributed by atoms with Crippen molar-refractivity contribution in [1.29, 1.82) is 0 Å². The number of rotatable bonds is 3. The topological polar surface area (TPSA) is 0 Å². The van der Waals surface area contributed by atoms with Crippen LogP contribution >= 0.6 is 0 Å². The van der Waals surface area contributed by atoms with E-state index in [9.17, 15) is 0 Å². The molecule has 0 radical (unpaired) electrons. The number of allylic oxidation sites excluding steroid dienone is 1. The molecular formula is C44H30. The van der Waals surface area contributed by atoms with Gasteiger partial charge in [0.1, 0.15) is 0 Å². The summed E-state index contributed by atoms with van der Waals surface area (Å²) in [6, 6.07) is 53.9. The molecule has 0 N–H and O–H groups in total. The molecule has 8 aromatic rings. The molecular weight excluding hydrogens is 528 g/mol. The van der Waals surface area contributed by atoms with E-state index in [1.807, 2.05) is 0 Å². The van der Waals surface area contributed by atoms with E-state index in [1.165, 1.54) is 87.6 Å². The van der Waals surface area contributed by atoms with E-state index in [0.29, 0.717) is 0 Å². The summed E-state index contributed by atoms with van der Waals surface area (Å²) in [5, 5.41) is 10.4. The largest absolute Gasteiger partial charge is 0.0836 e. The Kier molecular flexibility index (Phi) is 5.74. The summed E-state index contributed by atoms with van der Waals surface area (Å²) >= 11 is 0. The first kappa shape index (κ1) is 25.1. The molecule has 0 bridgehead atoms. The van der Waals surface area contributed by atoms with Crippen LogP contribution in [-0.2, 0) is 6.42 Å². The molecule has 206 valence electrons. The fraction of sp³-hybridized carbons (Fsp3) is 0.0455. The Hall–Kier alpha value is -5.46. The highest BCUT2D eigenvalue weighted by atomic mass is 14.2. The van der Waals surface area contributed by atoms with Crippen LogP contribution < -0.4 is 0 Å². The molecule has 0 heteroatoms. The van der Waals surface area contributed by atoms with Gasteiger partial charge in [0.15, 0.2) is 0 Å². The van der Waals surface area contributed by atoms with Gasteiger partial charge >= 0.3 is 0 Å². The molecule has 9 rings (SSSR count). The molecule has 1 aliphatic rings. The molecule has 0 fully saturated rings. The summed E-state index contributed by atoms with van der Waals surface area (Å²) in [7, 11) is 0. The third-order valence-corrected chi connectivity index (χ3v) is 9.50. The van der Waals surface area contributed by atoms with Gasteiger partial charge in [-0.3, -0.25) is 0 Å². The van der Waals surface area contributed by atoms with E-state index >= 15 is 0 Å². The first-order chi connectivity index (χ1) is 21.8. The molecule has 0 spiro atoms. The van der Waals surface area contributed by atoms with Gasteiger partial charge < -0.3 is 0 Å². The van der Waals surface area contributed by atoms with Crippen LogP contribution in [0, 0.1) is 0 Å². The predicted octanol–water partition coefficient (Wildman–Crippen LogP) is 12.3. The molecule has 0 amide bonds. The van der Waals surface area contributed by atoms with Crippen LogP contribution in [0.15, 0.2) is 152 Å². The minimum atomic E-state index is 1.07. The maximum absolute atomic E-state index is 2.43. The Morgan fingerprint density at radius 1 is 0.386 bits per heavy atom. The van der Waals surface area contributed by atoms with E-state index in [1.54, 1.807) is 0 Å². The van der Waals surface area contributed by atoms with E-state index in [-0.39, 0.29) is 0 Å². The quantitative estimate of drug-likeness (QED) is 0.189. The second-order valence-corrected chi connectivity index (χ2v) is 11.9. The lowest BCUT2D eigenvalue weighted by Gasteiger charge is -2.21. The van der Waals surface area contributed by atoms with Crippen LogP contribution in [-0.4, -0.2) is 0 Å². The molecule has 0 aliphatic heterocycles. The van der Waals surface area contributed by atoms with Crippen LogP contribution in [0.4, 0.5) is 0 Å². The van der Waals surface area contributed by atoms with Crippen molar-refractivity contribution < 1.29 is 0 Å². The predicted molar refractivity (Wildman–Crippen MR) is 190 cm³/mol. The third kappa shape index (κ3) is 3.85. The number of benzene rings is 8. The summed E-state index contributed by atoms with van der Waals surface area (Å²) in [6.07, 6.45) is 6.82. The van der Waals surface area contributed by atoms with E-state index in [0.717, 1.165) is 12.8 Å². The maximum atomic E-state index is 2.43. The van der Waals surface area contributed by atoms with Crippen LogP contribution in [0.25, 0.3) is 82.5 Å². The van der Waals surface area contributed by atoms with Gasteiger partial charge in [0.25, 0.3) is 0 Å². The lowest BCUT2D eigenvalue weighted by Crippen LogP contribution is -1.99. The fourth-order valence-corrected chi connectivity index (χ4v) is 7.58. The molecule has 0 unspecified atom stereocenters. The van der Waals surface area contributed by atoms with Gasteiger partial charge in [-0.25, -0.2) is 0 Å². The van der Waals surface area contributed by atoms with Crippen LogP contribution in [0.1, 0.15) is 17.5 Å². The second-order valence-electron chi connectivity index (χ2n) is 11.9. The molecule has 0 aromatic heterocycles. The van der Waals surface area contributed by atoms with E-state index in [2.05, 4.69) is 158 Å². The maximum Gasteiger partial charge on any atom is -0.00201 e. The van der Waals surface area contributed by atoms with Crippen molar-refractivity contribution in [1.82, 2.24) is 0 Å². The number of hydrogen-bond donors (Lipinski definition) is 0. The number of fused-ring (bicyclic) bond motifs is 6. The zero-order valence-corrected chi connectivity index (χ0v) is 24.4. The van der Waals surface area contributed by atoms with Crippen LogP contribution in [0.5, 0.6) is 0 Å². The standard InChI is InChI=1S/C44H30/c1-3-18-33-29(13-1)15-12-26-37(33)44-40-24-9-7-22-38(40)43(39-23-8-10-25-41(39)44)32-17-11-16-30(27-32)42-28-31-14-2-4-19-34(31)35-20-5-6-21-36(35)42/h1-5,7-20,22-28H,6,21H2. The first-order valence-electron chi connectivity index (χ1n) is 15.6. The molecule has 0 heterocycles. The lowest BCUT2D eigenvalue weighted by atomic mass is 9.83. The smallest absolute Gasteiger partial charge is 0.00201 e. The average Bonchev–Trinajstić information content (AvgIpc) is 3.10. The van der Waals surface area contributed by atoms with Gasteiger partial charge in [-0.05, 0) is 113 Å². The van der Waals surface area contributed by atoms with Crippen molar-refractivity contribution in [2.24, 2.45) is 0 Å². The fourth-order valence-electron chi connectivity index (χ4n) is 7.58. The van der Waals surface area contributed by atoms with Gasteiger partial charge in [0, 0.05) is 0 Å². The average molecular weight is 559 g/mol. The van der Waals surface area contributed by atoms with Gasteiger partial charge in [-0.1, -0.05) is 146 Å². The van der Waals surface area contributed by atoms with Crippen LogP contribution in [0.3, 0.4) is 0 Å². The first-order valence-corrected chi connectivity index (χ1v) is 15.6. The van der Waals surface area contributed by atoms with Gasteiger partial charge in [-0.2, -0.15) is 0 Å². The second kappa shape index (κ2) is 10.1. The van der Waals surface area contributed by atoms with Crippen molar-refractivity contribution in [2.75, 3.05) is 0 Å². The highest BCUT2D eigenvalue weighted by Crippen LogP contribution is 2.46. The summed E-state index contributed by atoms with van der Waals surface area (Å²) < 4.78 is 0. The van der Waals surface area contributed by atoms with Crippen LogP contribution in [0.2, 0.25) is 0 Å². The SMILES string of the molecule is C1=Cc2c(c(-c3cccc(-c4c5ccccc5c(-c5cccc6ccccc56)c5ccccc45)c3)cc3ccccc23)CC1. The van der Waals surface area contributed by atoms with E-state index < -0.39 is 0 Å². The molecule has 1 aliphatic carbocycles. The minimum absolute atomic E-state index is 1.07. The number of hydrogen-bond acceptors (Lipinski definition) is 0. The lowest BCUT2D eigenvalue weighted by molar-refractivity contribution is 0.992. The third-order valence-electron chi connectivity index (χ3n) is 9.50. The van der Waals surface area contributed by atoms with Crippen molar-refractivity contribution >= 4 is 49.2 Å². The van der Waals surface area contributed by atoms with E-state index in [4.69, 9.17) is 0 Å². The highest BCUT2D eigenvalue weighted by Gasteiger charge is 2.19. The molecule has 8 aromatic carbocycles. The Morgan fingerprint density at radius 3 is 1.70 bits per heavy atom. The molecule has 0 atom stereocenters. The normalized spacial score (nSPS) is 12.7. The molecule has 0 saturated heterocycles. The Balaban J connectivity index is 1.33. The van der Waals surface area contributed by atoms with Crippen molar-refractivity contribution in [3.8, 4) is 33.4 Å². The minimum Gasteiger partial charge on any atom is -0.0836 e. The Bertz CT molecular complexity index is 2380. The van der Waals surface area contributed by atoms with Crippen molar-refractivity contribution in [3.63, 3.8) is 0 Å². The Morgan fingerprint density at radius 2 is 0.955 bits per heavy atom. The Labute approximate surface area is 257 Å². The van der Waals surface area contributed by atoms with Crippen molar-refractivity contribution in [3.05, 3.63) is 163 Å². The zero-order valence-electron chi connectivity index (χ0n) is 24.4. The summed E-state index contributed by atoms with van der Waals surface area (Å²) in [5.41, 5.74) is 10.6. The zero-order chi connectivity index (χ0) is 29.0. The highest BCUT2D eigenvalue weighted by molar-refractivity contribution is 6.23.